The Morgan fingerprint density at radius 1 is 0.789 bits per heavy atom. The Labute approximate surface area is 451 Å². The van der Waals surface area contributed by atoms with Crippen LogP contribution < -0.4 is 26.1 Å². The van der Waals surface area contributed by atoms with Gasteiger partial charge in [0.1, 0.15) is 18.5 Å². The Kier molecular flexibility index (Phi) is 14.8. The predicted octanol–water partition coefficient (Wildman–Crippen LogP) is 5.03. The first-order valence-corrected chi connectivity index (χ1v) is 29.1. The van der Waals surface area contributed by atoms with Crippen molar-refractivity contribution in [2.75, 3.05) is 71.3 Å². The van der Waals surface area contributed by atoms with Gasteiger partial charge in [-0.05, 0) is 106 Å². The van der Waals surface area contributed by atoms with E-state index in [1.54, 1.807) is 28.0 Å². The van der Waals surface area contributed by atoms with Gasteiger partial charge in [0.25, 0.3) is 17.7 Å². The molecule has 3 atom stereocenters. The maximum atomic E-state index is 15.2. The number of rotatable bonds is 17. The number of likely N-dealkylation sites (tertiary alicyclic amines) is 1. The fraction of sp³-hybridized carbons (Fsp3) is 0.571. The number of epoxide rings is 1. The maximum absolute atomic E-state index is 15.2. The lowest BCUT2D eigenvalue weighted by atomic mass is 9.72. The number of sulfonamides is 1. The van der Waals surface area contributed by atoms with Crippen LogP contribution in [-0.2, 0) is 46.0 Å². The first-order chi connectivity index (χ1) is 36.7. The Balaban J connectivity index is 0.00000211. The third-order valence-corrected chi connectivity index (χ3v) is 18.7. The van der Waals surface area contributed by atoms with Gasteiger partial charge in [0.2, 0.25) is 27.6 Å². The number of halogens is 1. The minimum atomic E-state index is -4.21. The standard InChI is InChI=1S/C56H70FN9O9S.5H2/c57-46-18-15-37(29-47-43-13-4-5-14-45(43)56(35-75-56)63-61-47)28-44(46)53(71)65-26-24-64(25-27-65)49(68)32-59-54-19-21-55(22-20-54,74-34-54)36-76(72,73)62-52(70)50(38-8-2-1-3-9-38)60-51(69)40-11-6-10-39(30-40)41-12-7-23-66(33-41)48(67)31-58-42-16-17-42;;;;;/h4-6,10-11,13-15,18,28,30,38,41-42,50,58-59,63H,1-3,7-9,12,16-17,19-27,29,31-36H2,(H,60,69)(H,62,70);5*1H/t41-,50+,54?,55?,56?;;;;;/m0...../s1. The minimum absolute atomic E-state index is 0. The molecule has 5 saturated heterocycles. The van der Waals surface area contributed by atoms with Crippen LogP contribution in [-0.4, -0.2) is 153 Å². The van der Waals surface area contributed by atoms with Crippen molar-refractivity contribution in [1.82, 2.24) is 40.8 Å². The van der Waals surface area contributed by atoms with Crippen LogP contribution in [0.4, 0.5) is 4.39 Å². The zero-order valence-corrected chi connectivity index (χ0v) is 43.9. The van der Waals surface area contributed by atoms with Crippen molar-refractivity contribution in [2.45, 2.75) is 125 Å². The van der Waals surface area contributed by atoms with Crippen molar-refractivity contribution >= 4 is 45.3 Å². The number of carbonyl (C=O) groups is 5. The highest BCUT2D eigenvalue weighted by Crippen LogP contribution is 2.45. The molecule has 3 aliphatic carbocycles. The lowest BCUT2D eigenvalue weighted by molar-refractivity contribution is -0.152. The van der Waals surface area contributed by atoms with Crippen LogP contribution in [0.5, 0.6) is 0 Å². The summed E-state index contributed by atoms with van der Waals surface area (Å²) in [5, 5.41) is 14.3. The highest BCUT2D eigenvalue weighted by Gasteiger charge is 2.53. The molecule has 0 aromatic heterocycles. The van der Waals surface area contributed by atoms with Gasteiger partial charge < -0.3 is 40.1 Å². The van der Waals surface area contributed by atoms with E-state index in [2.05, 4.69) is 31.2 Å². The zero-order valence-electron chi connectivity index (χ0n) is 43.1. The lowest BCUT2D eigenvalue weighted by Crippen LogP contribution is -2.65. The Morgan fingerprint density at radius 3 is 2.28 bits per heavy atom. The zero-order chi connectivity index (χ0) is 52.7. The molecule has 6 aliphatic heterocycles. The molecule has 20 heteroatoms. The number of piperazine rings is 1. The van der Waals surface area contributed by atoms with Crippen LogP contribution in [0, 0.1) is 11.7 Å². The summed E-state index contributed by atoms with van der Waals surface area (Å²) in [5.41, 5.74) is 5.72. The molecule has 3 aromatic carbocycles. The number of nitrogens with zero attached hydrogens (tertiary/aromatic N) is 4. The summed E-state index contributed by atoms with van der Waals surface area (Å²) in [7, 11) is -4.21. The molecule has 76 heavy (non-hydrogen) atoms. The van der Waals surface area contributed by atoms with Gasteiger partial charge in [0, 0.05) is 87.0 Å². The van der Waals surface area contributed by atoms with Gasteiger partial charge in [-0.15, -0.1) is 0 Å². The molecule has 8 fully saturated rings. The Hall–Kier alpha value is -5.80. The van der Waals surface area contributed by atoms with E-state index in [1.165, 1.54) is 6.07 Å². The van der Waals surface area contributed by atoms with Crippen molar-refractivity contribution in [3.05, 3.63) is 106 Å². The third kappa shape index (κ3) is 11.6. The van der Waals surface area contributed by atoms with Gasteiger partial charge in [0.05, 0.1) is 42.3 Å². The minimum Gasteiger partial charge on any atom is -0.372 e. The molecule has 3 aromatic rings. The van der Waals surface area contributed by atoms with Crippen LogP contribution in [0.1, 0.15) is 139 Å². The molecular weight excluding hydrogens is 994 g/mol. The molecule has 1 spiro atoms. The van der Waals surface area contributed by atoms with Crippen LogP contribution in [0.25, 0.3) is 0 Å². The summed E-state index contributed by atoms with van der Waals surface area (Å²) < 4.78 is 57.4. The first-order valence-electron chi connectivity index (χ1n) is 27.5. The van der Waals surface area contributed by atoms with E-state index in [4.69, 9.17) is 9.47 Å². The topological polar surface area (TPSA) is 223 Å². The van der Waals surface area contributed by atoms with E-state index in [0.29, 0.717) is 82.8 Å². The molecule has 12 rings (SSSR count). The molecule has 0 radical (unpaired) electrons. The second-order valence-corrected chi connectivity index (χ2v) is 24.4. The Bertz CT molecular complexity index is 2880. The quantitative estimate of drug-likeness (QED) is 0.112. The summed E-state index contributed by atoms with van der Waals surface area (Å²) in [4.78, 5) is 73.5. The summed E-state index contributed by atoms with van der Waals surface area (Å²) >= 11 is 0. The van der Waals surface area contributed by atoms with Gasteiger partial charge in [-0.3, -0.25) is 34.1 Å². The predicted molar refractivity (Wildman–Crippen MR) is 291 cm³/mol. The number of piperidine rings is 1. The molecule has 1 unspecified atom stereocenters. The van der Waals surface area contributed by atoms with Gasteiger partial charge in [-0.25, -0.2) is 12.8 Å². The number of hydrazone groups is 1. The van der Waals surface area contributed by atoms with E-state index in [1.807, 2.05) is 47.4 Å². The van der Waals surface area contributed by atoms with Crippen molar-refractivity contribution < 1.29 is 53.4 Å². The van der Waals surface area contributed by atoms with E-state index >= 15 is 4.39 Å². The largest absolute Gasteiger partial charge is 0.372 e. The molecule has 9 aliphatic rings. The average Bonchev–Trinajstić information content (AvgIpc) is 4.47. The van der Waals surface area contributed by atoms with Gasteiger partial charge in [0.15, 0.2) is 0 Å². The fourth-order valence-electron chi connectivity index (χ4n) is 12.4. The highest BCUT2D eigenvalue weighted by molar-refractivity contribution is 7.90. The van der Waals surface area contributed by atoms with E-state index in [-0.39, 0.29) is 75.7 Å². The SMILES string of the molecule is O=C(N[C@@H](C(=O)NS(=O)(=O)CC12CCC(NCC(=O)N3CCN(C(=O)c4cc(CC5=NNC6(CO6)c6ccccc65)ccc4F)CC3)(CC1)CO2)C1CCCCC1)c1cccc([C@H]2CCCN(C(=O)CNC3CC3)C2)c1.[HH].[HH].[HH].[HH].[HH]. The van der Waals surface area contributed by atoms with Crippen molar-refractivity contribution in [1.29, 1.82) is 0 Å². The second-order valence-electron chi connectivity index (χ2n) is 22.6. The molecule has 416 valence electrons. The third-order valence-electron chi connectivity index (χ3n) is 17.3. The lowest BCUT2D eigenvalue weighted by Gasteiger charge is -2.53. The highest BCUT2D eigenvalue weighted by atomic mass is 32.2. The Morgan fingerprint density at radius 2 is 1.54 bits per heavy atom. The summed E-state index contributed by atoms with van der Waals surface area (Å²) in [6, 6.07) is 19.1. The summed E-state index contributed by atoms with van der Waals surface area (Å²) in [6.07, 6.45) is 10.4. The molecule has 3 saturated carbocycles. The number of ether oxygens (including phenoxy) is 2. The van der Waals surface area contributed by atoms with Crippen LogP contribution in [0.3, 0.4) is 0 Å². The maximum Gasteiger partial charge on any atom is 0.256 e. The number of fused-ring (bicyclic) bond motifs is 5. The first kappa shape index (κ1) is 52.3. The van der Waals surface area contributed by atoms with Crippen LogP contribution in [0.2, 0.25) is 0 Å². The van der Waals surface area contributed by atoms with Gasteiger partial charge in [-0.1, -0.05) is 61.7 Å². The molecule has 5 N–H and O–H groups in total. The van der Waals surface area contributed by atoms with Crippen molar-refractivity contribution in [2.24, 2.45) is 11.0 Å². The van der Waals surface area contributed by atoms with Crippen LogP contribution in [0.15, 0.2) is 71.8 Å². The van der Waals surface area contributed by atoms with Crippen molar-refractivity contribution in [3.63, 3.8) is 0 Å². The smallest absolute Gasteiger partial charge is 0.256 e. The molecular formula is C56H80FN9O9S. The van der Waals surface area contributed by atoms with Crippen LogP contribution >= 0.6 is 0 Å². The van der Waals surface area contributed by atoms with E-state index in [0.717, 1.165) is 72.9 Å². The van der Waals surface area contributed by atoms with Gasteiger partial charge in [-0.2, -0.15) is 5.10 Å². The summed E-state index contributed by atoms with van der Waals surface area (Å²) in [5.74, 6) is -2.90. The number of hydrogen-bond acceptors (Lipinski definition) is 13. The molecule has 5 amide bonds. The molecule has 6 heterocycles. The average molecular weight is 1070 g/mol. The second kappa shape index (κ2) is 21.6. The number of nitrogens with one attached hydrogen (secondary N) is 5. The number of carbonyl (C=O) groups excluding carboxylic acids is 5. The summed E-state index contributed by atoms with van der Waals surface area (Å²) in [6.45, 7) is 3.41. The monoisotopic (exact) mass is 1070 g/mol. The van der Waals surface area contributed by atoms with Gasteiger partial charge >= 0.3 is 0 Å². The number of amides is 5. The van der Waals surface area contributed by atoms with E-state index in [9.17, 15) is 32.4 Å². The van der Waals surface area contributed by atoms with E-state index < -0.39 is 62.2 Å². The number of benzene rings is 3. The molecule has 18 nitrogen and oxygen atoms in total. The number of hydrogen-bond donors (Lipinski definition) is 5. The molecule has 2 bridgehead atoms. The van der Waals surface area contributed by atoms with Crippen molar-refractivity contribution in [3.8, 4) is 0 Å². The normalized spacial score (nSPS) is 26.7. The fourth-order valence-corrected chi connectivity index (χ4v) is 14.0.